The van der Waals surface area contributed by atoms with Crippen LogP contribution in [0, 0.1) is 11.8 Å². The average Bonchev–Trinajstić information content (AvgIpc) is 2.39. The van der Waals surface area contributed by atoms with Crippen molar-refractivity contribution < 1.29 is 4.79 Å². The van der Waals surface area contributed by atoms with E-state index in [4.69, 9.17) is 0 Å². The van der Waals surface area contributed by atoms with Crippen LogP contribution in [0.2, 0.25) is 0 Å². The lowest BCUT2D eigenvalue weighted by molar-refractivity contribution is -0.118. The Morgan fingerprint density at radius 2 is 2.14 bits per heavy atom. The molecule has 1 aliphatic rings. The first kappa shape index (κ1) is 11.2. The van der Waals surface area contributed by atoms with Crippen molar-refractivity contribution >= 4 is 5.78 Å². The Balaban J connectivity index is 2.96. The van der Waals surface area contributed by atoms with Gasteiger partial charge in [-0.2, -0.15) is 0 Å². The molecule has 1 unspecified atom stereocenters. The van der Waals surface area contributed by atoms with Crippen LogP contribution in [0.25, 0.3) is 0 Å². The van der Waals surface area contributed by atoms with E-state index < -0.39 is 0 Å². The minimum atomic E-state index is 0.198. The highest BCUT2D eigenvalue weighted by Gasteiger charge is 2.29. The van der Waals surface area contributed by atoms with Crippen molar-refractivity contribution in [3.8, 4) is 0 Å². The van der Waals surface area contributed by atoms with E-state index in [-0.39, 0.29) is 5.92 Å². The summed E-state index contributed by atoms with van der Waals surface area (Å²) >= 11 is 0. The minimum absolute atomic E-state index is 0.198. The first-order valence-corrected chi connectivity index (χ1v) is 5.51. The highest BCUT2D eigenvalue weighted by Crippen LogP contribution is 2.33. The van der Waals surface area contributed by atoms with Crippen LogP contribution in [0.1, 0.15) is 40.5 Å². The maximum absolute atomic E-state index is 11.8. The van der Waals surface area contributed by atoms with E-state index in [9.17, 15) is 4.79 Å². The number of ketones is 1. The highest BCUT2D eigenvalue weighted by atomic mass is 16.1. The fourth-order valence-corrected chi connectivity index (χ4v) is 2.03. The number of hydrogen-bond donors (Lipinski definition) is 0. The summed E-state index contributed by atoms with van der Waals surface area (Å²) in [6, 6.07) is 0. The van der Waals surface area contributed by atoms with Gasteiger partial charge in [-0.15, -0.1) is 0 Å². The molecule has 0 aromatic carbocycles. The van der Waals surface area contributed by atoms with Crippen molar-refractivity contribution in [2.75, 3.05) is 0 Å². The molecule has 0 fully saturated rings. The Morgan fingerprint density at radius 1 is 1.50 bits per heavy atom. The Hall–Kier alpha value is -0.850. The molecule has 1 nitrogen and oxygen atoms in total. The summed E-state index contributed by atoms with van der Waals surface area (Å²) in [6.07, 6.45) is 6.25. The molecule has 0 saturated heterocycles. The van der Waals surface area contributed by atoms with Gasteiger partial charge in [0.2, 0.25) is 0 Å². The molecule has 1 aliphatic carbocycles. The predicted molar refractivity (Wildman–Crippen MR) is 60.1 cm³/mol. The second-order valence-electron chi connectivity index (χ2n) is 4.37. The van der Waals surface area contributed by atoms with Crippen molar-refractivity contribution in [3.05, 3.63) is 23.3 Å². The van der Waals surface area contributed by atoms with Crippen molar-refractivity contribution in [3.63, 3.8) is 0 Å². The summed E-state index contributed by atoms with van der Waals surface area (Å²) in [5.41, 5.74) is 2.32. The zero-order valence-corrected chi connectivity index (χ0v) is 9.63. The number of allylic oxidation sites excluding steroid dienone is 4. The molecule has 0 amide bonds. The molecule has 0 N–H and O–H groups in total. The first-order valence-electron chi connectivity index (χ1n) is 5.51. The lowest BCUT2D eigenvalue weighted by Gasteiger charge is -2.06. The molecule has 0 saturated carbocycles. The van der Waals surface area contributed by atoms with Gasteiger partial charge in [-0.3, -0.25) is 4.79 Å². The zero-order chi connectivity index (χ0) is 10.7. The summed E-state index contributed by atoms with van der Waals surface area (Å²) in [4.78, 5) is 11.8. The number of Topliss-reactive ketones (excluding diaryl/α,β-unsaturated/α-hetero) is 1. The molecule has 0 aromatic heterocycles. The van der Waals surface area contributed by atoms with Gasteiger partial charge in [-0.1, -0.05) is 39.8 Å². The fraction of sp³-hybridized carbons (Fsp3) is 0.615. The van der Waals surface area contributed by atoms with Crippen LogP contribution in [0.4, 0.5) is 0 Å². The normalized spacial score (nSPS) is 23.2. The van der Waals surface area contributed by atoms with Gasteiger partial charge in [0.25, 0.3) is 0 Å². The Kier molecular flexibility index (Phi) is 3.68. The van der Waals surface area contributed by atoms with E-state index in [1.165, 1.54) is 5.57 Å². The molecule has 1 atom stereocenters. The number of hydrogen-bond acceptors (Lipinski definition) is 1. The van der Waals surface area contributed by atoms with Crippen LogP contribution >= 0.6 is 0 Å². The second kappa shape index (κ2) is 4.59. The lowest BCUT2D eigenvalue weighted by atomic mass is 9.97. The van der Waals surface area contributed by atoms with Crippen molar-refractivity contribution in [1.29, 1.82) is 0 Å². The van der Waals surface area contributed by atoms with Crippen LogP contribution in [0.3, 0.4) is 0 Å². The molecule has 1 heteroatoms. The van der Waals surface area contributed by atoms with Crippen LogP contribution in [0.15, 0.2) is 23.3 Å². The zero-order valence-electron chi connectivity index (χ0n) is 9.63. The largest absolute Gasteiger partial charge is 0.294 e. The van der Waals surface area contributed by atoms with Gasteiger partial charge < -0.3 is 0 Å². The molecule has 1 rings (SSSR count). The summed E-state index contributed by atoms with van der Waals surface area (Å²) in [5.74, 6) is 0.920. The maximum Gasteiger partial charge on any atom is 0.162 e. The topological polar surface area (TPSA) is 17.1 Å². The SMILES string of the molecule is CC/C=C\C1=C(C(C)C)C(=O)C(C)C1. The first-order chi connectivity index (χ1) is 6.57. The molecule has 78 valence electrons. The van der Waals surface area contributed by atoms with Crippen LogP contribution < -0.4 is 0 Å². The van der Waals surface area contributed by atoms with Crippen LogP contribution in [-0.4, -0.2) is 5.78 Å². The third kappa shape index (κ3) is 2.14. The standard InChI is InChI=1S/C13H20O/c1-5-6-7-11-8-10(4)13(14)12(11)9(2)3/h6-7,9-10H,5,8H2,1-4H3/b7-6-. The minimum Gasteiger partial charge on any atom is -0.294 e. The molecule has 0 radical (unpaired) electrons. The van der Waals surface area contributed by atoms with Crippen LogP contribution in [-0.2, 0) is 4.79 Å². The van der Waals surface area contributed by atoms with E-state index >= 15 is 0 Å². The van der Waals surface area contributed by atoms with Gasteiger partial charge in [0, 0.05) is 11.5 Å². The molecule has 0 aliphatic heterocycles. The summed E-state index contributed by atoms with van der Waals surface area (Å²) in [5, 5.41) is 0. The predicted octanol–water partition coefficient (Wildman–Crippen LogP) is 3.51. The lowest BCUT2D eigenvalue weighted by Crippen LogP contribution is -2.09. The number of carbonyl (C=O) groups excluding carboxylic acids is 1. The molecule has 0 bridgehead atoms. The van der Waals surface area contributed by atoms with E-state index in [1.807, 2.05) is 6.92 Å². The number of carbonyl (C=O) groups is 1. The van der Waals surface area contributed by atoms with E-state index in [0.29, 0.717) is 11.7 Å². The van der Waals surface area contributed by atoms with E-state index in [2.05, 4.69) is 32.9 Å². The van der Waals surface area contributed by atoms with Crippen molar-refractivity contribution in [2.45, 2.75) is 40.5 Å². The van der Waals surface area contributed by atoms with Gasteiger partial charge in [0.05, 0.1) is 0 Å². The van der Waals surface area contributed by atoms with Gasteiger partial charge in [-0.05, 0) is 24.3 Å². The van der Waals surface area contributed by atoms with E-state index in [1.54, 1.807) is 0 Å². The second-order valence-corrected chi connectivity index (χ2v) is 4.37. The molecular weight excluding hydrogens is 172 g/mol. The van der Waals surface area contributed by atoms with Crippen molar-refractivity contribution in [2.24, 2.45) is 11.8 Å². The third-order valence-corrected chi connectivity index (χ3v) is 2.72. The van der Waals surface area contributed by atoms with Gasteiger partial charge >= 0.3 is 0 Å². The summed E-state index contributed by atoms with van der Waals surface area (Å²) < 4.78 is 0. The van der Waals surface area contributed by atoms with Gasteiger partial charge in [0.15, 0.2) is 5.78 Å². The Morgan fingerprint density at radius 3 is 2.64 bits per heavy atom. The molecular formula is C13H20O. The average molecular weight is 192 g/mol. The fourth-order valence-electron chi connectivity index (χ4n) is 2.03. The quantitative estimate of drug-likeness (QED) is 0.668. The molecule has 0 heterocycles. The Bertz CT molecular complexity index is 282. The summed E-state index contributed by atoms with van der Waals surface area (Å²) in [6.45, 7) is 8.35. The molecule has 0 aromatic rings. The highest BCUT2D eigenvalue weighted by molar-refractivity contribution is 6.01. The molecule has 14 heavy (non-hydrogen) atoms. The monoisotopic (exact) mass is 192 g/mol. The third-order valence-electron chi connectivity index (χ3n) is 2.72. The van der Waals surface area contributed by atoms with Crippen LogP contribution in [0.5, 0.6) is 0 Å². The van der Waals surface area contributed by atoms with Gasteiger partial charge in [0.1, 0.15) is 0 Å². The van der Waals surface area contributed by atoms with Gasteiger partial charge in [-0.25, -0.2) is 0 Å². The molecule has 0 spiro atoms. The van der Waals surface area contributed by atoms with Crippen molar-refractivity contribution in [1.82, 2.24) is 0 Å². The smallest absolute Gasteiger partial charge is 0.162 e. The number of rotatable bonds is 3. The Labute approximate surface area is 86.9 Å². The summed E-state index contributed by atoms with van der Waals surface area (Å²) in [7, 11) is 0. The van der Waals surface area contributed by atoms with E-state index in [0.717, 1.165) is 18.4 Å². The maximum atomic E-state index is 11.8.